The fraction of sp³-hybridized carbons (Fsp3) is 0.909. The minimum Gasteiger partial charge on any atom is -0.466 e. The lowest BCUT2D eigenvalue weighted by Gasteiger charge is -2.27. The molecule has 0 saturated carbocycles. The minimum atomic E-state index is -0.0260. The van der Waals surface area contributed by atoms with E-state index in [1.165, 1.54) is 0 Å². The van der Waals surface area contributed by atoms with E-state index < -0.39 is 0 Å². The number of rotatable bonds is 4. The molecule has 0 bridgehead atoms. The van der Waals surface area contributed by atoms with E-state index in [0.717, 1.165) is 32.5 Å². The molecule has 0 aliphatic carbocycles. The van der Waals surface area contributed by atoms with Crippen molar-refractivity contribution in [2.75, 3.05) is 19.8 Å². The molecule has 1 unspecified atom stereocenters. The highest BCUT2D eigenvalue weighted by Gasteiger charge is 2.29. The SMILES string of the molecule is CCOC(=O)C(CC)C1CCOCC1. The quantitative estimate of drug-likeness (QED) is 0.651. The van der Waals surface area contributed by atoms with E-state index in [-0.39, 0.29) is 11.9 Å². The van der Waals surface area contributed by atoms with E-state index in [1.807, 2.05) is 6.92 Å². The molecule has 14 heavy (non-hydrogen) atoms. The van der Waals surface area contributed by atoms with Crippen LogP contribution in [0.1, 0.15) is 33.1 Å². The topological polar surface area (TPSA) is 35.5 Å². The maximum absolute atomic E-state index is 11.6. The summed E-state index contributed by atoms with van der Waals surface area (Å²) in [4.78, 5) is 11.6. The van der Waals surface area contributed by atoms with Crippen molar-refractivity contribution in [2.45, 2.75) is 33.1 Å². The summed E-state index contributed by atoms with van der Waals surface area (Å²) in [6, 6.07) is 0. The summed E-state index contributed by atoms with van der Waals surface area (Å²) >= 11 is 0. The third kappa shape index (κ3) is 2.98. The van der Waals surface area contributed by atoms with Crippen molar-refractivity contribution in [3.05, 3.63) is 0 Å². The maximum Gasteiger partial charge on any atom is 0.309 e. The van der Waals surface area contributed by atoms with Crippen molar-refractivity contribution in [1.82, 2.24) is 0 Å². The van der Waals surface area contributed by atoms with Gasteiger partial charge in [-0.1, -0.05) is 6.92 Å². The molecule has 0 spiro atoms. The van der Waals surface area contributed by atoms with Gasteiger partial charge in [0.1, 0.15) is 0 Å². The number of hydrogen-bond donors (Lipinski definition) is 0. The van der Waals surface area contributed by atoms with Gasteiger partial charge in [0, 0.05) is 13.2 Å². The van der Waals surface area contributed by atoms with E-state index >= 15 is 0 Å². The zero-order valence-electron chi connectivity index (χ0n) is 9.12. The number of esters is 1. The van der Waals surface area contributed by atoms with Gasteiger partial charge in [0.05, 0.1) is 12.5 Å². The zero-order valence-corrected chi connectivity index (χ0v) is 9.12. The van der Waals surface area contributed by atoms with Crippen LogP contribution in [0.3, 0.4) is 0 Å². The van der Waals surface area contributed by atoms with Crippen LogP contribution in [0.15, 0.2) is 0 Å². The highest BCUT2D eigenvalue weighted by atomic mass is 16.5. The first-order valence-electron chi connectivity index (χ1n) is 5.54. The van der Waals surface area contributed by atoms with Gasteiger partial charge in [0.25, 0.3) is 0 Å². The minimum absolute atomic E-state index is 0.0260. The molecule has 0 aromatic heterocycles. The Balaban J connectivity index is 2.46. The van der Waals surface area contributed by atoms with Crippen molar-refractivity contribution < 1.29 is 14.3 Å². The van der Waals surface area contributed by atoms with Crippen LogP contribution in [0.4, 0.5) is 0 Å². The third-order valence-corrected chi connectivity index (χ3v) is 2.86. The zero-order chi connectivity index (χ0) is 10.4. The Morgan fingerprint density at radius 3 is 2.57 bits per heavy atom. The smallest absolute Gasteiger partial charge is 0.309 e. The molecule has 3 nitrogen and oxygen atoms in total. The molecule has 1 aliphatic rings. The van der Waals surface area contributed by atoms with Gasteiger partial charge in [0.2, 0.25) is 0 Å². The number of carbonyl (C=O) groups is 1. The highest BCUT2D eigenvalue weighted by molar-refractivity contribution is 5.72. The largest absolute Gasteiger partial charge is 0.466 e. The molecule has 1 fully saturated rings. The van der Waals surface area contributed by atoms with E-state index in [2.05, 4.69) is 6.92 Å². The fourth-order valence-corrected chi connectivity index (χ4v) is 2.06. The molecule has 0 aromatic carbocycles. The Bertz CT molecular complexity index is 173. The number of ether oxygens (including phenoxy) is 2. The summed E-state index contributed by atoms with van der Waals surface area (Å²) in [5.41, 5.74) is 0. The summed E-state index contributed by atoms with van der Waals surface area (Å²) in [6.07, 6.45) is 2.87. The van der Waals surface area contributed by atoms with Gasteiger partial charge in [0.15, 0.2) is 0 Å². The molecule has 3 heteroatoms. The first-order valence-corrected chi connectivity index (χ1v) is 5.54. The standard InChI is InChI=1S/C11H20O3/c1-3-10(11(12)14-4-2)9-5-7-13-8-6-9/h9-10H,3-8H2,1-2H3. The van der Waals surface area contributed by atoms with Gasteiger partial charge in [-0.25, -0.2) is 0 Å². The molecule has 0 N–H and O–H groups in total. The second-order valence-corrected chi connectivity index (χ2v) is 3.72. The Morgan fingerprint density at radius 2 is 2.07 bits per heavy atom. The summed E-state index contributed by atoms with van der Waals surface area (Å²) in [5, 5.41) is 0. The molecule has 1 heterocycles. The second kappa shape index (κ2) is 6.02. The Labute approximate surface area is 85.8 Å². The first-order chi connectivity index (χ1) is 6.79. The second-order valence-electron chi connectivity index (χ2n) is 3.72. The van der Waals surface area contributed by atoms with Gasteiger partial charge < -0.3 is 9.47 Å². The lowest BCUT2D eigenvalue weighted by molar-refractivity contribution is -0.151. The van der Waals surface area contributed by atoms with Crippen LogP contribution in [-0.4, -0.2) is 25.8 Å². The van der Waals surface area contributed by atoms with E-state index in [4.69, 9.17) is 9.47 Å². The lowest BCUT2D eigenvalue weighted by atomic mass is 9.84. The monoisotopic (exact) mass is 200 g/mol. The Kier molecular flexibility index (Phi) is 4.94. The number of hydrogen-bond acceptors (Lipinski definition) is 3. The van der Waals surface area contributed by atoms with Crippen molar-refractivity contribution >= 4 is 5.97 Å². The van der Waals surface area contributed by atoms with Crippen LogP contribution in [-0.2, 0) is 14.3 Å². The molecular weight excluding hydrogens is 180 g/mol. The van der Waals surface area contributed by atoms with Gasteiger partial charge >= 0.3 is 5.97 Å². The highest BCUT2D eigenvalue weighted by Crippen LogP contribution is 2.27. The molecule has 1 rings (SSSR count). The van der Waals surface area contributed by atoms with Crippen LogP contribution < -0.4 is 0 Å². The average Bonchev–Trinajstić information content (AvgIpc) is 2.21. The van der Waals surface area contributed by atoms with E-state index in [1.54, 1.807) is 0 Å². The molecule has 0 amide bonds. The fourth-order valence-electron chi connectivity index (χ4n) is 2.06. The Hall–Kier alpha value is -0.570. The van der Waals surface area contributed by atoms with Gasteiger partial charge in [-0.2, -0.15) is 0 Å². The summed E-state index contributed by atoms with van der Waals surface area (Å²) in [5.74, 6) is 0.522. The normalized spacial score (nSPS) is 20.4. The van der Waals surface area contributed by atoms with E-state index in [9.17, 15) is 4.79 Å². The number of carbonyl (C=O) groups excluding carboxylic acids is 1. The average molecular weight is 200 g/mol. The van der Waals surface area contributed by atoms with Crippen LogP contribution in [0, 0.1) is 11.8 Å². The molecule has 1 aliphatic heterocycles. The summed E-state index contributed by atoms with van der Waals surface area (Å²) in [6.45, 7) is 5.98. The van der Waals surface area contributed by atoms with Crippen LogP contribution in [0.5, 0.6) is 0 Å². The predicted octanol–water partition coefficient (Wildman–Crippen LogP) is 2.00. The summed E-state index contributed by atoms with van der Waals surface area (Å²) < 4.78 is 10.4. The van der Waals surface area contributed by atoms with Crippen molar-refractivity contribution in [3.63, 3.8) is 0 Å². The summed E-state index contributed by atoms with van der Waals surface area (Å²) in [7, 11) is 0. The van der Waals surface area contributed by atoms with Crippen LogP contribution in [0.25, 0.3) is 0 Å². The lowest BCUT2D eigenvalue weighted by Crippen LogP contribution is -2.30. The van der Waals surface area contributed by atoms with Gasteiger partial charge in [-0.05, 0) is 32.1 Å². The first kappa shape index (κ1) is 11.5. The molecular formula is C11H20O3. The van der Waals surface area contributed by atoms with Crippen molar-refractivity contribution in [2.24, 2.45) is 11.8 Å². The van der Waals surface area contributed by atoms with E-state index in [0.29, 0.717) is 12.5 Å². The van der Waals surface area contributed by atoms with Crippen LogP contribution >= 0.6 is 0 Å². The van der Waals surface area contributed by atoms with Crippen molar-refractivity contribution in [1.29, 1.82) is 0 Å². The van der Waals surface area contributed by atoms with Crippen molar-refractivity contribution in [3.8, 4) is 0 Å². The Morgan fingerprint density at radius 1 is 1.43 bits per heavy atom. The molecule has 0 aromatic rings. The van der Waals surface area contributed by atoms with Gasteiger partial charge in [-0.15, -0.1) is 0 Å². The van der Waals surface area contributed by atoms with Gasteiger partial charge in [-0.3, -0.25) is 4.79 Å². The maximum atomic E-state index is 11.6. The molecule has 1 saturated heterocycles. The third-order valence-electron chi connectivity index (χ3n) is 2.86. The van der Waals surface area contributed by atoms with Crippen LogP contribution in [0.2, 0.25) is 0 Å². The molecule has 1 atom stereocenters. The molecule has 0 radical (unpaired) electrons. The predicted molar refractivity (Wildman–Crippen MR) is 54.0 cm³/mol. The molecule has 82 valence electrons.